The van der Waals surface area contributed by atoms with Crippen molar-refractivity contribution in [3.63, 3.8) is 0 Å². The Labute approximate surface area is 121 Å². The van der Waals surface area contributed by atoms with E-state index < -0.39 is 0 Å². The summed E-state index contributed by atoms with van der Waals surface area (Å²) >= 11 is 0. The molecule has 1 aromatic carbocycles. The maximum atomic E-state index is 12.0. The normalized spacial score (nSPS) is 13.0. The van der Waals surface area contributed by atoms with Gasteiger partial charge in [0, 0.05) is 24.8 Å². The Morgan fingerprint density at radius 2 is 2.05 bits per heavy atom. The molecule has 1 heterocycles. The second kappa shape index (κ2) is 6.06. The van der Waals surface area contributed by atoms with Crippen LogP contribution in [-0.2, 0) is 11.2 Å². The first kappa shape index (κ1) is 14.5. The van der Waals surface area contributed by atoms with Crippen LogP contribution in [0.25, 0.3) is 0 Å². The molecule has 0 saturated carbocycles. The Balaban J connectivity index is 2.18. The van der Waals surface area contributed by atoms with Gasteiger partial charge in [0.05, 0.1) is 11.3 Å². The first-order valence-electron chi connectivity index (χ1n) is 6.34. The summed E-state index contributed by atoms with van der Waals surface area (Å²) in [7, 11) is 0. The molecule has 0 bridgehead atoms. The maximum absolute atomic E-state index is 12.0. The van der Waals surface area contributed by atoms with Crippen LogP contribution < -0.4 is 5.32 Å². The SMILES string of the molecule is C=C1NC(=O)c2ccc(CC(=O)CCC#CO)cc2C1=O. The van der Waals surface area contributed by atoms with Crippen molar-refractivity contribution in [1.82, 2.24) is 5.32 Å². The number of fused-ring (bicyclic) bond motifs is 1. The number of allylic oxidation sites excluding steroid dienone is 1. The van der Waals surface area contributed by atoms with Crippen molar-refractivity contribution in [3.8, 4) is 12.0 Å². The third kappa shape index (κ3) is 3.18. The molecule has 0 unspecified atom stereocenters. The lowest BCUT2D eigenvalue weighted by Crippen LogP contribution is -2.34. The lowest BCUT2D eigenvalue weighted by Gasteiger charge is -2.17. The van der Waals surface area contributed by atoms with E-state index >= 15 is 0 Å². The molecule has 0 radical (unpaired) electrons. The molecule has 0 aromatic heterocycles. The highest BCUT2D eigenvalue weighted by atomic mass is 16.2. The Morgan fingerprint density at radius 3 is 2.76 bits per heavy atom. The second-order valence-corrected chi connectivity index (χ2v) is 4.65. The van der Waals surface area contributed by atoms with Gasteiger partial charge in [0.25, 0.3) is 5.91 Å². The zero-order valence-corrected chi connectivity index (χ0v) is 11.2. The fourth-order valence-corrected chi connectivity index (χ4v) is 2.08. The van der Waals surface area contributed by atoms with Crippen LogP contribution in [-0.4, -0.2) is 22.6 Å². The van der Waals surface area contributed by atoms with Gasteiger partial charge in [-0.25, -0.2) is 0 Å². The molecule has 0 fully saturated rings. The van der Waals surface area contributed by atoms with Gasteiger partial charge in [0.1, 0.15) is 11.9 Å². The minimum absolute atomic E-state index is 0.0363. The van der Waals surface area contributed by atoms with E-state index in [1.165, 1.54) is 6.07 Å². The smallest absolute Gasteiger partial charge is 0.256 e. The monoisotopic (exact) mass is 283 g/mol. The van der Waals surface area contributed by atoms with Gasteiger partial charge in [-0.2, -0.15) is 0 Å². The molecule has 0 atom stereocenters. The van der Waals surface area contributed by atoms with Gasteiger partial charge in [-0.05, 0) is 17.7 Å². The molecule has 1 aromatic rings. The number of benzene rings is 1. The number of hydrogen-bond donors (Lipinski definition) is 2. The maximum Gasteiger partial charge on any atom is 0.256 e. The quantitative estimate of drug-likeness (QED) is 0.645. The predicted octanol–water partition coefficient (Wildman–Crippen LogP) is 1.35. The summed E-state index contributed by atoms with van der Waals surface area (Å²) in [4.78, 5) is 35.4. The molecule has 5 heteroatoms. The minimum Gasteiger partial charge on any atom is -0.462 e. The van der Waals surface area contributed by atoms with Crippen LogP contribution in [0.3, 0.4) is 0 Å². The highest BCUT2D eigenvalue weighted by Crippen LogP contribution is 2.20. The summed E-state index contributed by atoms with van der Waals surface area (Å²) in [5, 5.41) is 10.7. The number of ketones is 2. The van der Waals surface area contributed by atoms with E-state index in [1.54, 1.807) is 18.2 Å². The number of rotatable bonds is 4. The molecule has 0 aliphatic carbocycles. The average molecular weight is 283 g/mol. The summed E-state index contributed by atoms with van der Waals surface area (Å²) in [6.45, 7) is 3.50. The van der Waals surface area contributed by atoms with Gasteiger partial charge < -0.3 is 10.4 Å². The number of aliphatic hydroxyl groups excluding tert-OH is 1. The highest BCUT2D eigenvalue weighted by molar-refractivity contribution is 6.20. The Kier molecular flexibility index (Phi) is 4.19. The summed E-state index contributed by atoms with van der Waals surface area (Å²) in [6, 6.07) is 4.73. The largest absolute Gasteiger partial charge is 0.462 e. The van der Waals surface area contributed by atoms with Gasteiger partial charge in [0.15, 0.2) is 0 Å². The zero-order valence-electron chi connectivity index (χ0n) is 11.2. The topological polar surface area (TPSA) is 83.5 Å². The van der Waals surface area contributed by atoms with E-state index in [9.17, 15) is 14.4 Å². The van der Waals surface area contributed by atoms with Crippen molar-refractivity contribution in [1.29, 1.82) is 0 Å². The first-order chi connectivity index (χ1) is 10.0. The van der Waals surface area contributed by atoms with E-state index in [-0.39, 0.29) is 47.1 Å². The van der Waals surface area contributed by atoms with Crippen molar-refractivity contribution in [2.24, 2.45) is 0 Å². The summed E-state index contributed by atoms with van der Waals surface area (Å²) in [6.07, 6.45) is 2.41. The molecule has 1 aliphatic heterocycles. The number of aliphatic hydroxyl groups is 1. The van der Waals surface area contributed by atoms with Crippen molar-refractivity contribution in [2.75, 3.05) is 0 Å². The number of carbonyl (C=O) groups excluding carboxylic acids is 3. The van der Waals surface area contributed by atoms with Crippen LogP contribution in [0.4, 0.5) is 0 Å². The van der Waals surface area contributed by atoms with Gasteiger partial charge in [0.2, 0.25) is 5.78 Å². The molecule has 2 rings (SSSR count). The van der Waals surface area contributed by atoms with Gasteiger partial charge in [-0.1, -0.05) is 18.6 Å². The molecule has 1 amide bonds. The zero-order chi connectivity index (χ0) is 15.4. The Hall–Kier alpha value is -2.87. The van der Waals surface area contributed by atoms with Crippen LogP contribution in [0.15, 0.2) is 30.5 Å². The third-order valence-electron chi connectivity index (χ3n) is 3.12. The summed E-state index contributed by atoms with van der Waals surface area (Å²) < 4.78 is 0. The van der Waals surface area contributed by atoms with Gasteiger partial charge >= 0.3 is 0 Å². The van der Waals surface area contributed by atoms with Crippen molar-refractivity contribution in [3.05, 3.63) is 47.2 Å². The Morgan fingerprint density at radius 1 is 1.29 bits per heavy atom. The van der Waals surface area contributed by atoms with E-state index in [0.717, 1.165) is 0 Å². The molecule has 2 N–H and O–H groups in total. The molecular formula is C16H13NO4. The van der Waals surface area contributed by atoms with Crippen LogP contribution in [0, 0.1) is 12.0 Å². The van der Waals surface area contributed by atoms with Crippen molar-refractivity contribution in [2.45, 2.75) is 19.3 Å². The van der Waals surface area contributed by atoms with E-state index in [4.69, 9.17) is 5.11 Å². The van der Waals surface area contributed by atoms with Crippen LogP contribution in [0.1, 0.15) is 39.1 Å². The summed E-state index contributed by atoms with van der Waals surface area (Å²) in [5.41, 5.74) is 1.25. The minimum atomic E-state index is -0.370. The van der Waals surface area contributed by atoms with E-state index in [1.807, 2.05) is 0 Å². The lowest BCUT2D eigenvalue weighted by atomic mass is 9.93. The number of hydrogen-bond acceptors (Lipinski definition) is 4. The lowest BCUT2D eigenvalue weighted by molar-refractivity contribution is -0.118. The number of amides is 1. The molecule has 5 nitrogen and oxygen atoms in total. The van der Waals surface area contributed by atoms with Crippen LogP contribution in [0.5, 0.6) is 0 Å². The third-order valence-corrected chi connectivity index (χ3v) is 3.12. The van der Waals surface area contributed by atoms with Crippen molar-refractivity contribution >= 4 is 17.5 Å². The molecule has 0 spiro atoms. The number of nitrogens with one attached hydrogen (secondary N) is 1. The van der Waals surface area contributed by atoms with Gasteiger partial charge in [-0.3, -0.25) is 14.4 Å². The van der Waals surface area contributed by atoms with E-state index in [2.05, 4.69) is 17.8 Å². The van der Waals surface area contributed by atoms with E-state index in [0.29, 0.717) is 12.0 Å². The predicted molar refractivity (Wildman–Crippen MR) is 75.0 cm³/mol. The molecule has 21 heavy (non-hydrogen) atoms. The highest BCUT2D eigenvalue weighted by Gasteiger charge is 2.26. The number of carbonyl (C=O) groups is 3. The fraction of sp³-hybridized carbons (Fsp3) is 0.188. The second-order valence-electron chi connectivity index (χ2n) is 4.65. The molecule has 0 saturated heterocycles. The molecule has 106 valence electrons. The van der Waals surface area contributed by atoms with Gasteiger partial charge in [-0.15, -0.1) is 0 Å². The fourth-order valence-electron chi connectivity index (χ4n) is 2.08. The number of Topliss-reactive ketones (excluding diaryl/α,β-unsaturated/α-hetero) is 2. The standard InChI is InChI=1S/C16H13NO4/c1-10-15(20)14-9-11(5-6-13(14)16(21)17-10)8-12(19)4-2-3-7-18/h5-6,9,18H,1-2,4,8H2,(H,17,21). The molecular weight excluding hydrogens is 270 g/mol. The van der Waals surface area contributed by atoms with Crippen LogP contribution in [0.2, 0.25) is 0 Å². The summed E-state index contributed by atoms with van der Waals surface area (Å²) in [5.74, 6) is 1.64. The van der Waals surface area contributed by atoms with Crippen molar-refractivity contribution < 1.29 is 19.5 Å². The first-order valence-corrected chi connectivity index (χ1v) is 6.34. The Bertz CT molecular complexity index is 707. The van der Waals surface area contributed by atoms with Crippen LogP contribution >= 0.6 is 0 Å². The molecule has 1 aliphatic rings. The average Bonchev–Trinajstić information content (AvgIpc) is 2.45.